The number of fused-ring (bicyclic) bond motifs is 1. The molecule has 0 radical (unpaired) electrons. The van der Waals surface area contributed by atoms with E-state index in [9.17, 15) is 10.2 Å². The normalized spacial score (nSPS) is 27.2. The van der Waals surface area contributed by atoms with Gasteiger partial charge in [-0.05, 0) is 6.42 Å². The Labute approximate surface area is 108 Å². The molecule has 0 bridgehead atoms. The quantitative estimate of drug-likeness (QED) is 0.816. The maximum absolute atomic E-state index is 9.59. The molecule has 3 rings (SSSR count). The largest absolute Gasteiger partial charge is 0.492 e. The van der Waals surface area contributed by atoms with Crippen molar-refractivity contribution >= 4 is 11.2 Å². The highest BCUT2D eigenvalue weighted by molar-refractivity contribution is 5.75. The van der Waals surface area contributed by atoms with Gasteiger partial charge in [0.05, 0.1) is 12.9 Å². The van der Waals surface area contributed by atoms with Gasteiger partial charge >= 0.3 is 0 Å². The molecule has 1 aliphatic rings. The highest BCUT2D eigenvalue weighted by Crippen LogP contribution is 2.38. The van der Waals surface area contributed by atoms with Gasteiger partial charge in [-0.3, -0.25) is 4.57 Å². The van der Waals surface area contributed by atoms with Crippen LogP contribution in [0.4, 0.5) is 0 Å². The van der Waals surface area contributed by atoms with E-state index < -0.39 is 5.79 Å². The van der Waals surface area contributed by atoms with E-state index in [1.54, 1.807) is 4.57 Å². The molecule has 0 aromatic carbocycles. The lowest BCUT2D eigenvalue weighted by molar-refractivity contribution is -0.241. The Morgan fingerprint density at radius 3 is 3.05 bits per heavy atom. The summed E-state index contributed by atoms with van der Waals surface area (Å²) in [7, 11) is 1.50. The zero-order valence-corrected chi connectivity index (χ0v) is 10.4. The maximum Gasteiger partial charge on any atom is 0.242 e. The predicted molar refractivity (Wildman–Crippen MR) is 63.2 cm³/mol. The molecule has 19 heavy (non-hydrogen) atoms. The van der Waals surface area contributed by atoms with Gasteiger partial charge in [0.1, 0.15) is 12.6 Å². The summed E-state index contributed by atoms with van der Waals surface area (Å²) in [5.74, 6) is -1.14. The second kappa shape index (κ2) is 4.41. The Morgan fingerprint density at radius 1 is 1.53 bits per heavy atom. The van der Waals surface area contributed by atoms with Crippen LogP contribution < -0.4 is 0 Å². The topological polar surface area (TPSA) is 103 Å². The van der Waals surface area contributed by atoms with Crippen molar-refractivity contribution in [2.45, 2.75) is 24.9 Å². The fourth-order valence-corrected chi connectivity index (χ4v) is 2.29. The highest BCUT2D eigenvalue weighted by Gasteiger charge is 2.41. The molecule has 3 heterocycles. The second-order valence-electron chi connectivity index (χ2n) is 4.41. The van der Waals surface area contributed by atoms with Crippen LogP contribution >= 0.6 is 0 Å². The number of aromatic nitrogens is 4. The van der Waals surface area contributed by atoms with Gasteiger partial charge in [0, 0.05) is 13.5 Å². The number of hydrogen-bond donors (Lipinski definition) is 2. The van der Waals surface area contributed by atoms with Gasteiger partial charge in [0.2, 0.25) is 5.88 Å². The summed E-state index contributed by atoms with van der Waals surface area (Å²) in [6.07, 6.45) is 3.69. The summed E-state index contributed by atoms with van der Waals surface area (Å²) >= 11 is 0. The van der Waals surface area contributed by atoms with Crippen LogP contribution in [0.25, 0.3) is 11.2 Å². The van der Waals surface area contributed by atoms with Crippen LogP contribution in [-0.4, -0.2) is 49.2 Å². The average Bonchev–Trinajstić information content (AvgIpc) is 3.03. The van der Waals surface area contributed by atoms with Crippen molar-refractivity contribution in [1.82, 2.24) is 19.5 Å². The summed E-state index contributed by atoms with van der Waals surface area (Å²) in [6.45, 7) is -0.215. The first-order valence-electron chi connectivity index (χ1n) is 5.89. The third-order valence-corrected chi connectivity index (χ3v) is 3.39. The van der Waals surface area contributed by atoms with Crippen LogP contribution in [0.3, 0.4) is 0 Å². The third-order valence-electron chi connectivity index (χ3n) is 3.39. The number of rotatable bonds is 3. The van der Waals surface area contributed by atoms with Crippen molar-refractivity contribution in [2.75, 3.05) is 13.7 Å². The molecular weight excluding hydrogens is 252 g/mol. The summed E-state index contributed by atoms with van der Waals surface area (Å²) < 4.78 is 12.7. The molecule has 0 amide bonds. The summed E-state index contributed by atoms with van der Waals surface area (Å²) in [4.78, 5) is 11.8. The van der Waals surface area contributed by atoms with Crippen molar-refractivity contribution in [1.29, 1.82) is 0 Å². The Balaban J connectivity index is 1.96. The first-order valence-corrected chi connectivity index (χ1v) is 5.89. The van der Waals surface area contributed by atoms with Crippen LogP contribution in [0.5, 0.6) is 5.88 Å². The summed E-state index contributed by atoms with van der Waals surface area (Å²) in [6, 6.07) is 0. The SMILES string of the molecule is CO[C@]1(CO)CC[C@@H](n2cnc3c(O)ncnc32)O1. The van der Waals surface area contributed by atoms with Gasteiger partial charge in [0.25, 0.3) is 0 Å². The van der Waals surface area contributed by atoms with Crippen LogP contribution in [0, 0.1) is 0 Å². The van der Waals surface area contributed by atoms with E-state index in [1.165, 1.54) is 19.8 Å². The zero-order valence-electron chi connectivity index (χ0n) is 10.4. The van der Waals surface area contributed by atoms with Crippen molar-refractivity contribution in [3.63, 3.8) is 0 Å². The maximum atomic E-state index is 9.59. The van der Waals surface area contributed by atoms with E-state index in [4.69, 9.17) is 9.47 Å². The van der Waals surface area contributed by atoms with E-state index in [0.29, 0.717) is 24.0 Å². The highest BCUT2D eigenvalue weighted by atomic mass is 16.7. The monoisotopic (exact) mass is 266 g/mol. The zero-order chi connectivity index (χ0) is 13.5. The Kier molecular flexibility index (Phi) is 2.85. The molecule has 1 aliphatic heterocycles. The molecule has 102 valence electrons. The number of hydrogen-bond acceptors (Lipinski definition) is 7. The van der Waals surface area contributed by atoms with Crippen molar-refractivity contribution < 1.29 is 19.7 Å². The summed E-state index contributed by atoms with van der Waals surface area (Å²) in [5.41, 5.74) is 0.812. The molecular formula is C11H14N4O4. The number of methoxy groups -OCH3 is 1. The Hall–Kier alpha value is -1.77. The Bertz CT molecular complexity index is 595. The minimum atomic E-state index is -0.976. The lowest BCUT2D eigenvalue weighted by Gasteiger charge is -2.25. The van der Waals surface area contributed by atoms with Crippen LogP contribution in [0.15, 0.2) is 12.7 Å². The number of ether oxygens (including phenoxy) is 2. The molecule has 0 spiro atoms. The van der Waals surface area contributed by atoms with Crippen LogP contribution in [-0.2, 0) is 9.47 Å². The van der Waals surface area contributed by atoms with Crippen LogP contribution in [0.1, 0.15) is 19.1 Å². The van der Waals surface area contributed by atoms with Crippen molar-refractivity contribution in [3.8, 4) is 5.88 Å². The fraction of sp³-hybridized carbons (Fsp3) is 0.545. The molecule has 0 saturated carbocycles. The molecule has 8 nitrogen and oxygen atoms in total. The second-order valence-corrected chi connectivity index (χ2v) is 4.41. The molecule has 0 aliphatic carbocycles. The van der Waals surface area contributed by atoms with Gasteiger partial charge in [-0.1, -0.05) is 0 Å². The minimum absolute atomic E-state index is 0.165. The fourth-order valence-electron chi connectivity index (χ4n) is 2.29. The van der Waals surface area contributed by atoms with Gasteiger partial charge in [-0.25, -0.2) is 9.97 Å². The average molecular weight is 266 g/mol. The number of aliphatic hydroxyl groups is 1. The van der Waals surface area contributed by atoms with Gasteiger partial charge in [-0.2, -0.15) is 4.98 Å². The molecule has 0 unspecified atom stereocenters. The van der Waals surface area contributed by atoms with Gasteiger partial charge < -0.3 is 19.7 Å². The number of imidazole rings is 1. The molecule has 2 aromatic rings. The lowest BCUT2D eigenvalue weighted by atomic mass is 10.2. The molecule has 2 aromatic heterocycles. The van der Waals surface area contributed by atoms with E-state index in [-0.39, 0.29) is 18.7 Å². The first kappa shape index (κ1) is 12.3. The first-order chi connectivity index (χ1) is 9.19. The van der Waals surface area contributed by atoms with Crippen molar-refractivity contribution in [2.24, 2.45) is 0 Å². The molecule has 1 saturated heterocycles. The number of aliphatic hydroxyl groups excluding tert-OH is 1. The van der Waals surface area contributed by atoms with E-state index in [1.807, 2.05) is 0 Å². The lowest BCUT2D eigenvalue weighted by Crippen LogP contribution is -2.35. The standard InChI is InChI=1S/C11H14N4O4/c1-18-11(4-16)3-2-7(19-11)15-6-14-8-9(15)12-5-13-10(8)17/h5-7,16H,2-4H2,1H3,(H,12,13,17)/t7-,11+/m0/s1. The van der Waals surface area contributed by atoms with Crippen LogP contribution in [0.2, 0.25) is 0 Å². The molecule has 1 fully saturated rings. The molecule has 8 heteroatoms. The van der Waals surface area contributed by atoms with E-state index >= 15 is 0 Å². The smallest absolute Gasteiger partial charge is 0.242 e. The molecule has 2 N–H and O–H groups in total. The number of nitrogens with zero attached hydrogens (tertiary/aromatic N) is 4. The third kappa shape index (κ3) is 1.84. The Morgan fingerprint density at radius 2 is 2.37 bits per heavy atom. The predicted octanol–water partition coefficient (Wildman–Crippen LogP) is 0.176. The number of aromatic hydroxyl groups is 1. The van der Waals surface area contributed by atoms with Gasteiger partial charge in [-0.15, -0.1) is 0 Å². The van der Waals surface area contributed by atoms with Crippen molar-refractivity contribution in [3.05, 3.63) is 12.7 Å². The molecule has 2 atom stereocenters. The van der Waals surface area contributed by atoms with E-state index in [0.717, 1.165) is 0 Å². The minimum Gasteiger partial charge on any atom is -0.492 e. The summed E-state index contributed by atoms with van der Waals surface area (Å²) in [5, 5.41) is 18.9. The van der Waals surface area contributed by atoms with Gasteiger partial charge in [0.15, 0.2) is 17.0 Å². The van der Waals surface area contributed by atoms with E-state index in [2.05, 4.69) is 15.0 Å².